The molecule has 8 heteroatoms. The van der Waals surface area contributed by atoms with Crippen LogP contribution in [0.3, 0.4) is 0 Å². The van der Waals surface area contributed by atoms with E-state index in [9.17, 15) is 9.90 Å². The Balaban J connectivity index is 0.00000200. The first-order valence-corrected chi connectivity index (χ1v) is 6.29. The molecule has 0 aliphatic heterocycles. The van der Waals surface area contributed by atoms with Crippen LogP contribution in [-0.2, 0) is 13.6 Å². The Labute approximate surface area is 136 Å². The van der Waals surface area contributed by atoms with E-state index >= 15 is 0 Å². The fourth-order valence-corrected chi connectivity index (χ4v) is 2.36. The molecule has 0 radical (unpaired) electrons. The molecule has 1 aromatic heterocycles. The topological polar surface area (TPSA) is 58.4 Å². The van der Waals surface area contributed by atoms with Crippen LogP contribution in [0.1, 0.15) is 5.82 Å². The molecule has 1 aromatic carbocycles. The van der Waals surface area contributed by atoms with E-state index in [-0.39, 0.29) is 49.2 Å². The zero-order valence-electron chi connectivity index (χ0n) is 11.1. The van der Waals surface area contributed by atoms with Crippen molar-refractivity contribution in [2.45, 2.75) is 6.54 Å². The molecule has 2 aromatic rings. The molecule has 0 saturated heterocycles. The van der Waals surface area contributed by atoms with Crippen LogP contribution in [0, 0.1) is 0 Å². The standard InChI is InChI=1S/C12H13Cl2N3O2.BrH/c1-16(2)5-8-15-10-9(12(19)17(8)3)6(13)4-7(14)11(10)18;/h4,18H,5H2,1-3H3;1H. The van der Waals surface area contributed by atoms with Gasteiger partial charge in [-0.1, -0.05) is 23.2 Å². The van der Waals surface area contributed by atoms with Gasteiger partial charge in [0.2, 0.25) is 0 Å². The SMILES string of the molecule is Br.CN(C)Cc1nc2c(O)c(Cl)cc(Cl)c2c(=O)n1C. The van der Waals surface area contributed by atoms with Gasteiger partial charge in [-0.15, -0.1) is 17.0 Å². The minimum absolute atomic E-state index is 0. The molecule has 0 aliphatic carbocycles. The quantitative estimate of drug-likeness (QED) is 0.867. The van der Waals surface area contributed by atoms with E-state index < -0.39 is 0 Å². The Bertz CT molecular complexity index is 716. The number of phenols is 1. The summed E-state index contributed by atoms with van der Waals surface area (Å²) < 4.78 is 1.42. The van der Waals surface area contributed by atoms with Crippen molar-refractivity contribution in [3.63, 3.8) is 0 Å². The van der Waals surface area contributed by atoms with Crippen LogP contribution in [0.25, 0.3) is 10.9 Å². The molecule has 0 fully saturated rings. The summed E-state index contributed by atoms with van der Waals surface area (Å²) in [6.07, 6.45) is 0. The van der Waals surface area contributed by atoms with Crippen molar-refractivity contribution in [2.24, 2.45) is 7.05 Å². The third kappa shape index (κ3) is 2.93. The van der Waals surface area contributed by atoms with Gasteiger partial charge in [0, 0.05) is 7.05 Å². The van der Waals surface area contributed by atoms with Crippen LogP contribution in [0.2, 0.25) is 10.0 Å². The molecule has 0 saturated carbocycles. The first-order valence-electron chi connectivity index (χ1n) is 5.54. The summed E-state index contributed by atoms with van der Waals surface area (Å²) in [5.41, 5.74) is -0.170. The Kier molecular flexibility index (Phi) is 5.43. The molecule has 1 N–H and O–H groups in total. The van der Waals surface area contributed by atoms with Gasteiger partial charge < -0.3 is 10.0 Å². The second kappa shape index (κ2) is 6.30. The number of nitrogens with zero attached hydrogens (tertiary/aromatic N) is 3. The molecule has 2 rings (SSSR count). The predicted molar refractivity (Wildman–Crippen MR) is 86.4 cm³/mol. The number of fused-ring (bicyclic) bond motifs is 1. The van der Waals surface area contributed by atoms with Crippen molar-refractivity contribution < 1.29 is 5.11 Å². The third-order valence-electron chi connectivity index (χ3n) is 2.78. The predicted octanol–water partition coefficient (Wildman–Crippen LogP) is 2.59. The number of halogens is 3. The highest BCUT2D eigenvalue weighted by atomic mass is 79.9. The van der Waals surface area contributed by atoms with Gasteiger partial charge in [0.05, 0.1) is 22.0 Å². The lowest BCUT2D eigenvalue weighted by Crippen LogP contribution is -2.26. The number of hydrogen-bond acceptors (Lipinski definition) is 4. The maximum atomic E-state index is 12.3. The molecule has 0 atom stereocenters. The summed E-state index contributed by atoms with van der Waals surface area (Å²) in [5, 5.41) is 10.4. The van der Waals surface area contributed by atoms with E-state index in [0.29, 0.717) is 12.4 Å². The van der Waals surface area contributed by atoms with Crippen molar-refractivity contribution in [2.75, 3.05) is 14.1 Å². The normalized spacial score (nSPS) is 10.9. The largest absolute Gasteiger partial charge is 0.504 e. The van der Waals surface area contributed by atoms with Gasteiger partial charge in [0.15, 0.2) is 5.75 Å². The number of phenolic OH excluding ortho intramolecular Hbond substituents is 1. The zero-order valence-corrected chi connectivity index (χ0v) is 14.4. The number of hydrogen-bond donors (Lipinski definition) is 1. The maximum Gasteiger partial charge on any atom is 0.262 e. The lowest BCUT2D eigenvalue weighted by Gasteiger charge is -2.14. The Morgan fingerprint density at radius 2 is 1.95 bits per heavy atom. The summed E-state index contributed by atoms with van der Waals surface area (Å²) in [6.45, 7) is 0.464. The molecular weight excluding hydrogens is 369 g/mol. The summed E-state index contributed by atoms with van der Waals surface area (Å²) in [4.78, 5) is 18.5. The average molecular weight is 383 g/mol. The zero-order chi connectivity index (χ0) is 14.3. The second-order valence-corrected chi connectivity index (χ2v) is 5.36. The molecule has 20 heavy (non-hydrogen) atoms. The Hall–Kier alpha value is -0.820. The highest BCUT2D eigenvalue weighted by Crippen LogP contribution is 2.34. The Morgan fingerprint density at radius 3 is 2.50 bits per heavy atom. The number of aromatic hydroxyl groups is 1. The van der Waals surface area contributed by atoms with E-state index in [0.717, 1.165) is 0 Å². The Morgan fingerprint density at radius 1 is 1.35 bits per heavy atom. The van der Waals surface area contributed by atoms with Crippen molar-refractivity contribution in [1.29, 1.82) is 0 Å². The van der Waals surface area contributed by atoms with Crippen molar-refractivity contribution in [3.05, 3.63) is 32.3 Å². The van der Waals surface area contributed by atoms with Crippen LogP contribution in [0.4, 0.5) is 0 Å². The number of rotatable bonds is 2. The summed E-state index contributed by atoms with van der Waals surface area (Å²) in [6, 6.07) is 1.34. The van der Waals surface area contributed by atoms with Crippen LogP contribution in [0.5, 0.6) is 5.75 Å². The molecular formula is C12H14BrCl2N3O2. The van der Waals surface area contributed by atoms with E-state index in [1.807, 2.05) is 19.0 Å². The fourth-order valence-electron chi connectivity index (χ4n) is 1.82. The van der Waals surface area contributed by atoms with Crippen LogP contribution >= 0.6 is 40.2 Å². The molecule has 0 amide bonds. The van der Waals surface area contributed by atoms with E-state index in [1.165, 1.54) is 10.6 Å². The summed E-state index contributed by atoms with van der Waals surface area (Å²) in [5.74, 6) is 0.301. The first kappa shape index (κ1) is 17.2. The highest BCUT2D eigenvalue weighted by molar-refractivity contribution is 8.93. The van der Waals surface area contributed by atoms with Gasteiger partial charge >= 0.3 is 0 Å². The van der Waals surface area contributed by atoms with Crippen molar-refractivity contribution >= 4 is 51.1 Å². The fraction of sp³-hybridized carbons (Fsp3) is 0.333. The number of benzene rings is 1. The van der Waals surface area contributed by atoms with E-state index in [1.54, 1.807) is 7.05 Å². The van der Waals surface area contributed by atoms with Crippen LogP contribution < -0.4 is 5.56 Å². The van der Waals surface area contributed by atoms with Crippen LogP contribution in [0.15, 0.2) is 10.9 Å². The maximum absolute atomic E-state index is 12.3. The highest BCUT2D eigenvalue weighted by Gasteiger charge is 2.17. The lowest BCUT2D eigenvalue weighted by atomic mass is 10.2. The van der Waals surface area contributed by atoms with E-state index in [2.05, 4.69) is 4.98 Å². The monoisotopic (exact) mass is 381 g/mol. The van der Waals surface area contributed by atoms with Crippen molar-refractivity contribution in [3.8, 4) is 5.75 Å². The molecule has 5 nitrogen and oxygen atoms in total. The molecule has 0 unspecified atom stereocenters. The molecule has 0 aliphatic rings. The molecule has 110 valence electrons. The lowest BCUT2D eigenvalue weighted by molar-refractivity contribution is 0.381. The minimum atomic E-state index is -0.307. The molecule has 1 heterocycles. The van der Waals surface area contributed by atoms with Crippen LogP contribution in [-0.4, -0.2) is 33.7 Å². The van der Waals surface area contributed by atoms with Gasteiger partial charge in [0.25, 0.3) is 5.56 Å². The second-order valence-electron chi connectivity index (χ2n) is 4.54. The third-order valence-corrected chi connectivity index (χ3v) is 3.37. The van der Waals surface area contributed by atoms with Gasteiger partial charge in [-0.2, -0.15) is 0 Å². The summed E-state index contributed by atoms with van der Waals surface area (Å²) in [7, 11) is 5.35. The van der Waals surface area contributed by atoms with Gasteiger partial charge in [0.1, 0.15) is 11.3 Å². The van der Waals surface area contributed by atoms with Crippen molar-refractivity contribution in [1.82, 2.24) is 14.5 Å². The number of aromatic nitrogens is 2. The average Bonchev–Trinajstić information content (AvgIpc) is 2.31. The summed E-state index contributed by atoms with van der Waals surface area (Å²) >= 11 is 11.9. The molecule has 0 spiro atoms. The van der Waals surface area contributed by atoms with Gasteiger partial charge in [-0.05, 0) is 20.2 Å². The van der Waals surface area contributed by atoms with E-state index in [4.69, 9.17) is 23.2 Å². The smallest absolute Gasteiger partial charge is 0.262 e. The first-order chi connectivity index (χ1) is 8.82. The molecule has 0 bridgehead atoms. The van der Waals surface area contributed by atoms with Gasteiger partial charge in [-0.3, -0.25) is 9.36 Å². The van der Waals surface area contributed by atoms with Gasteiger partial charge in [-0.25, -0.2) is 4.98 Å². The minimum Gasteiger partial charge on any atom is -0.504 e.